The summed E-state index contributed by atoms with van der Waals surface area (Å²) in [7, 11) is 0. The third-order valence-electron chi connectivity index (χ3n) is 5.25. The lowest BCUT2D eigenvalue weighted by Crippen LogP contribution is -2.48. The van der Waals surface area contributed by atoms with Crippen molar-refractivity contribution >= 4 is 34.4 Å². The molecule has 4 rings (SSSR count). The van der Waals surface area contributed by atoms with Crippen molar-refractivity contribution in [3.8, 4) is 0 Å². The second kappa shape index (κ2) is 8.27. The van der Waals surface area contributed by atoms with Crippen LogP contribution in [0.15, 0.2) is 66.7 Å². The summed E-state index contributed by atoms with van der Waals surface area (Å²) in [6.07, 6.45) is 3.38. The van der Waals surface area contributed by atoms with Crippen molar-refractivity contribution in [3.63, 3.8) is 0 Å². The standard InChI is InChI=1S/C24H23N3O2/c1-18(28)19-7-11-22(12-8-19)26-14-16-27(17-15-26)24(29)13-10-21-9-6-20-4-2-3-5-23(20)25-21/h2-13H,14-17H2,1H3/b13-10+. The van der Waals surface area contributed by atoms with Crippen LogP contribution >= 0.6 is 0 Å². The zero-order valence-corrected chi connectivity index (χ0v) is 16.4. The van der Waals surface area contributed by atoms with E-state index < -0.39 is 0 Å². The number of para-hydroxylation sites is 1. The molecule has 0 saturated carbocycles. The monoisotopic (exact) mass is 385 g/mol. The van der Waals surface area contributed by atoms with Crippen molar-refractivity contribution in [2.75, 3.05) is 31.1 Å². The highest BCUT2D eigenvalue weighted by molar-refractivity contribution is 5.94. The number of Topliss-reactive ketones (excluding diaryl/α,β-unsaturated/α-hetero) is 1. The molecule has 5 heteroatoms. The smallest absolute Gasteiger partial charge is 0.246 e. The van der Waals surface area contributed by atoms with Crippen molar-refractivity contribution in [1.82, 2.24) is 9.88 Å². The van der Waals surface area contributed by atoms with E-state index in [4.69, 9.17) is 0 Å². The Morgan fingerprint density at radius 1 is 0.897 bits per heavy atom. The van der Waals surface area contributed by atoms with Gasteiger partial charge in [-0.3, -0.25) is 9.59 Å². The quantitative estimate of drug-likeness (QED) is 0.506. The molecule has 2 aromatic carbocycles. The number of piperazine rings is 1. The first-order valence-electron chi connectivity index (χ1n) is 9.79. The van der Waals surface area contributed by atoms with Gasteiger partial charge < -0.3 is 9.80 Å². The van der Waals surface area contributed by atoms with Gasteiger partial charge >= 0.3 is 0 Å². The van der Waals surface area contributed by atoms with E-state index in [1.54, 1.807) is 19.1 Å². The molecule has 1 amide bonds. The lowest BCUT2D eigenvalue weighted by Gasteiger charge is -2.35. The molecule has 0 radical (unpaired) electrons. The van der Waals surface area contributed by atoms with Crippen LogP contribution in [0.4, 0.5) is 5.69 Å². The number of carbonyl (C=O) groups is 2. The van der Waals surface area contributed by atoms with E-state index in [2.05, 4.69) is 9.88 Å². The van der Waals surface area contributed by atoms with Crippen LogP contribution in [-0.2, 0) is 4.79 Å². The van der Waals surface area contributed by atoms with Crippen molar-refractivity contribution < 1.29 is 9.59 Å². The van der Waals surface area contributed by atoms with Crippen molar-refractivity contribution in [2.45, 2.75) is 6.92 Å². The summed E-state index contributed by atoms with van der Waals surface area (Å²) in [6, 6.07) is 19.5. The van der Waals surface area contributed by atoms with E-state index in [1.807, 2.05) is 65.6 Å². The molecule has 29 heavy (non-hydrogen) atoms. The predicted molar refractivity (Wildman–Crippen MR) is 116 cm³/mol. The van der Waals surface area contributed by atoms with Crippen molar-refractivity contribution in [3.05, 3.63) is 78.0 Å². The number of nitrogens with zero attached hydrogens (tertiary/aromatic N) is 3. The highest BCUT2D eigenvalue weighted by Crippen LogP contribution is 2.18. The van der Waals surface area contributed by atoms with E-state index in [0.29, 0.717) is 13.1 Å². The molecule has 1 fully saturated rings. The van der Waals surface area contributed by atoms with Crippen molar-refractivity contribution in [1.29, 1.82) is 0 Å². The van der Waals surface area contributed by atoms with Crippen LogP contribution in [0.2, 0.25) is 0 Å². The van der Waals surface area contributed by atoms with E-state index in [9.17, 15) is 9.59 Å². The fourth-order valence-electron chi connectivity index (χ4n) is 3.53. The number of fused-ring (bicyclic) bond motifs is 1. The molecule has 0 N–H and O–H groups in total. The summed E-state index contributed by atoms with van der Waals surface area (Å²) in [4.78, 5) is 32.6. The number of hydrogen-bond acceptors (Lipinski definition) is 4. The number of pyridine rings is 1. The minimum absolute atomic E-state index is 0.00605. The van der Waals surface area contributed by atoms with E-state index in [1.165, 1.54) is 0 Å². The molecule has 1 aliphatic heterocycles. The van der Waals surface area contributed by atoms with E-state index >= 15 is 0 Å². The zero-order valence-electron chi connectivity index (χ0n) is 16.4. The minimum Gasteiger partial charge on any atom is -0.368 e. The van der Waals surface area contributed by atoms with Crippen LogP contribution in [0.25, 0.3) is 17.0 Å². The van der Waals surface area contributed by atoms with Crippen LogP contribution in [0.3, 0.4) is 0 Å². The van der Waals surface area contributed by atoms with Gasteiger partial charge in [-0.15, -0.1) is 0 Å². The highest BCUT2D eigenvalue weighted by Gasteiger charge is 2.20. The highest BCUT2D eigenvalue weighted by atomic mass is 16.2. The number of carbonyl (C=O) groups excluding carboxylic acids is 2. The molecule has 0 atom stereocenters. The van der Waals surface area contributed by atoms with Gasteiger partial charge in [-0.25, -0.2) is 4.98 Å². The second-order valence-corrected chi connectivity index (χ2v) is 7.18. The van der Waals surface area contributed by atoms with Crippen LogP contribution < -0.4 is 4.90 Å². The topological polar surface area (TPSA) is 53.5 Å². The van der Waals surface area contributed by atoms with E-state index in [-0.39, 0.29) is 11.7 Å². The molecule has 1 aliphatic rings. The van der Waals surface area contributed by atoms with Crippen LogP contribution in [-0.4, -0.2) is 47.8 Å². The van der Waals surface area contributed by atoms with Gasteiger partial charge in [0.25, 0.3) is 0 Å². The third-order valence-corrected chi connectivity index (χ3v) is 5.25. The number of amides is 1. The molecule has 5 nitrogen and oxygen atoms in total. The number of hydrogen-bond donors (Lipinski definition) is 0. The van der Waals surface area contributed by atoms with Crippen LogP contribution in [0.1, 0.15) is 23.0 Å². The number of rotatable bonds is 4. The Morgan fingerprint density at radius 2 is 1.62 bits per heavy atom. The Bertz CT molecular complexity index is 1060. The van der Waals surface area contributed by atoms with Gasteiger partial charge in [0.15, 0.2) is 5.78 Å². The molecule has 0 unspecified atom stereocenters. The lowest BCUT2D eigenvalue weighted by atomic mass is 10.1. The van der Waals surface area contributed by atoms with Crippen molar-refractivity contribution in [2.24, 2.45) is 0 Å². The minimum atomic E-state index is 0.00605. The second-order valence-electron chi connectivity index (χ2n) is 7.18. The molecule has 0 spiro atoms. The Hall–Kier alpha value is -3.47. The first kappa shape index (κ1) is 18.9. The summed E-state index contributed by atoms with van der Waals surface area (Å²) in [6.45, 7) is 4.45. The predicted octanol–water partition coefficient (Wildman–Crippen LogP) is 3.80. The van der Waals surface area contributed by atoms with Gasteiger partial charge in [0.2, 0.25) is 5.91 Å². The average molecular weight is 385 g/mol. The number of ketones is 1. The average Bonchev–Trinajstić information content (AvgIpc) is 2.77. The largest absolute Gasteiger partial charge is 0.368 e. The summed E-state index contributed by atoms with van der Waals surface area (Å²) >= 11 is 0. The van der Waals surface area contributed by atoms with Gasteiger partial charge in [0, 0.05) is 48.9 Å². The SMILES string of the molecule is CC(=O)c1ccc(N2CCN(C(=O)/C=C/c3ccc4ccccc4n3)CC2)cc1. The Balaban J connectivity index is 1.35. The third kappa shape index (κ3) is 4.35. The Labute approximate surface area is 170 Å². The molecule has 1 aromatic heterocycles. The number of benzene rings is 2. The maximum Gasteiger partial charge on any atom is 0.246 e. The van der Waals surface area contributed by atoms with Gasteiger partial charge in [-0.2, -0.15) is 0 Å². The normalized spacial score (nSPS) is 14.5. The Morgan fingerprint density at radius 3 is 2.34 bits per heavy atom. The Kier molecular flexibility index (Phi) is 5.38. The molecule has 3 aromatic rings. The first-order valence-corrected chi connectivity index (χ1v) is 9.79. The first-order chi connectivity index (χ1) is 14.1. The summed E-state index contributed by atoms with van der Waals surface area (Å²) in [5, 5.41) is 1.09. The van der Waals surface area contributed by atoms with E-state index in [0.717, 1.165) is 40.9 Å². The summed E-state index contributed by atoms with van der Waals surface area (Å²) < 4.78 is 0. The fraction of sp³-hybridized carbons (Fsp3) is 0.208. The maximum absolute atomic E-state index is 12.6. The molecular formula is C24H23N3O2. The lowest BCUT2D eigenvalue weighted by molar-refractivity contribution is -0.126. The fourth-order valence-corrected chi connectivity index (χ4v) is 3.53. The maximum atomic E-state index is 12.6. The number of anilines is 1. The summed E-state index contributed by atoms with van der Waals surface area (Å²) in [5.74, 6) is 0.0752. The molecule has 2 heterocycles. The van der Waals surface area contributed by atoms with Crippen LogP contribution in [0, 0.1) is 0 Å². The molecule has 1 saturated heterocycles. The van der Waals surface area contributed by atoms with Gasteiger partial charge in [-0.1, -0.05) is 24.3 Å². The van der Waals surface area contributed by atoms with Gasteiger partial charge in [0.05, 0.1) is 11.2 Å². The molecule has 0 aliphatic carbocycles. The molecule has 0 bridgehead atoms. The van der Waals surface area contributed by atoms with Crippen LogP contribution in [0.5, 0.6) is 0 Å². The zero-order chi connectivity index (χ0) is 20.2. The molecule has 146 valence electrons. The van der Waals surface area contributed by atoms with Gasteiger partial charge in [-0.05, 0) is 49.4 Å². The number of aromatic nitrogens is 1. The molecular weight excluding hydrogens is 362 g/mol. The van der Waals surface area contributed by atoms with Gasteiger partial charge in [0.1, 0.15) is 0 Å². The summed E-state index contributed by atoms with van der Waals surface area (Å²) in [5.41, 5.74) is 3.50.